The Labute approximate surface area is 172 Å². The number of sulfonamides is 1. The van der Waals surface area contributed by atoms with Crippen LogP contribution in [0.2, 0.25) is 0 Å². The summed E-state index contributed by atoms with van der Waals surface area (Å²) in [7, 11) is -2.08. The Morgan fingerprint density at radius 3 is 2.77 bits per heavy atom. The number of fused-ring (bicyclic) bond motifs is 1. The maximum atomic E-state index is 13.3. The number of nitrogens with one attached hydrogen (secondary N) is 1. The molecule has 0 unspecified atom stereocenters. The molecule has 2 aromatic heterocycles. The minimum absolute atomic E-state index is 0.0805. The molecule has 1 N–H and O–H groups in total. The first-order chi connectivity index (χ1) is 14.3. The van der Waals surface area contributed by atoms with Crippen molar-refractivity contribution in [2.24, 2.45) is 5.41 Å². The maximum absolute atomic E-state index is 13.3. The summed E-state index contributed by atoms with van der Waals surface area (Å²) in [6, 6.07) is 7.33. The topological polar surface area (TPSA) is 125 Å². The predicted octanol–water partition coefficient (Wildman–Crippen LogP) is 2.16. The van der Waals surface area contributed by atoms with Crippen molar-refractivity contribution in [3.63, 3.8) is 0 Å². The number of H-pyrrole nitrogens is 1. The van der Waals surface area contributed by atoms with Crippen molar-refractivity contribution in [3.8, 4) is 0 Å². The number of aromatic amines is 1. The Morgan fingerprint density at radius 1 is 1.27 bits per heavy atom. The van der Waals surface area contributed by atoms with Gasteiger partial charge in [0, 0.05) is 37.8 Å². The highest BCUT2D eigenvalue weighted by atomic mass is 32.2. The maximum Gasteiger partial charge on any atom is 0.289 e. The minimum Gasteiger partial charge on any atom is -0.354 e. The standard InChI is InChI=1S/C19H20N6O4S/c1-23(18-13-6-9-20-17(13)21-12-22-18)16-10-24(11-19(16)7-8-19)30(28,29)15-5-3-2-4-14(15)25(26)27/h2-6,9,12,16H,7-8,10-11H2,1H3,(H,20,21,22)/t16-/m0/s1. The molecular formula is C19H20N6O4S. The summed E-state index contributed by atoms with van der Waals surface area (Å²) in [5.74, 6) is 0.738. The average Bonchev–Trinajstić information content (AvgIpc) is 3.17. The van der Waals surface area contributed by atoms with Gasteiger partial charge in [-0.25, -0.2) is 18.4 Å². The van der Waals surface area contributed by atoms with Crippen LogP contribution in [0.25, 0.3) is 11.0 Å². The second-order valence-electron chi connectivity index (χ2n) is 7.95. The molecule has 30 heavy (non-hydrogen) atoms. The molecular weight excluding hydrogens is 408 g/mol. The van der Waals surface area contributed by atoms with E-state index in [0.717, 1.165) is 29.7 Å². The van der Waals surface area contributed by atoms with Gasteiger partial charge >= 0.3 is 0 Å². The van der Waals surface area contributed by atoms with Crippen molar-refractivity contribution in [2.45, 2.75) is 23.8 Å². The number of nitrogens with zero attached hydrogens (tertiary/aromatic N) is 5. The number of rotatable bonds is 5. The van der Waals surface area contributed by atoms with Crippen LogP contribution < -0.4 is 4.90 Å². The zero-order chi connectivity index (χ0) is 21.1. The number of likely N-dealkylation sites (N-methyl/N-ethyl adjacent to an activating group) is 1. The summed E-state index contributed by atoms with van der Waals surface area (Å²) in [6.07, 6.45) is 5.10. The molecule has 11 heteroatoms. The lowest BCUT2D eigenvalue weighted by Crippen LogP contribution is -2.40. The molecule has 5 rings (SSSR count). The summed E-state index contributed by atoms with van der Waals surface area (Å²) < 4.78 is 28.0. The van der Waals surface area contributed by atoms with Crippen LogP contribution in [-0.4, -0.2) is 58.8 Å². The van der Waals surface area contributed by atoms with Gasteiger partial charge in [-0.15, -0.1) is 0 Å². The van der Waals surface area contributed by atoms with Crippen LogP contribution in [0, 0.1) is 15.5 Å². The molecule has 1 saturated carbocycles. The third-order valence-corrected chi connectivity index (χ3v) is 8.14. The van der Waals surface area contributed by atoms with E-state index in [0.29, 0.717) is 6.54 Å². The van der Waals surface area contributed by atoms with Gasteiger partial charge in [-0.05, 0) is 25.0 Å². The number of nitro groups is 1. The Balaban J connectivity index is 1.50. The summed E-state index contributed by atoms with van der Waals surface area (Å²) in [5.41, 5.74) is 0.155. The van der Waals surface area contributed by atoms with E-state index in [9.17, 15) is 18.5 Å². The lowest BCUT2D eigenvalue weighted by atomic mass is 9.99. The third kappa shape index (κ3) is 2.76. The summed E-state index contributed by atoms with van der Waals surface area (Å²) >= 11 is 0. The fraction of sp³-hybridized carbons (Fsp3) is 0.368. The monoisotopic (exact) mass is 428 g/mol. The van der Waals surface area contributed by atoms with Crippen LogP contribution in [0.15, 0.2) is 47.8 Å². The van der Waals surface area contributed by atoms with Crippen molar-refractivity contribution >= 4 is 32.6 Å². The van der Waals surface area contributed by atoms with Gasteiger partial charge in [0.15, 0.2) is 4.90 Å². The summed E-state index contributed by atoms with van der Waals surface area (Å²) in [4.78, 5) is 24.2. The zero-order valence-corrected chi connectivity index (χ0v) is 17.0. The van der Waals surface area contributed by atoms with Crippen molar-refractivity contribution in [1.29, 1.82) is 0 Å². The Hall–Kier alpha value is -3.05. The molecule has 10 nitrogen and oxygen atoms in total. The van der Waals surface area contributed by atoms with Crippen molar-refractivity contribution in [2.75, 3.05) is 25.0 Å². The SMILES string of the molecule is CN(c1ncnc2[nH]ccc12)[C@H]1CN(S(=O)(=O)c2ccccc2[N+](=O)[O-])CC12CC2. The molecule has 0 amide bonds. The summed E-state index contributed by atoms with van der Waals surface area (Å²) in [6.45, 7) is 0.596. The first-order valence-corrected chi connectivity index (χ1v) is 11.0. The van der Waals surface area contributed by atoms with Crippen LogP contribution in [0.4, 0.5) is 11.5 Å². The number of hydrogen-bond donors (Lipinski definition) is 1. The summed E-state index contributed by atoms with van der Waals surface area (Å²) in [5, 5.41) is 12.2. The largest absolute Gasteiger partial charge is 0.354 e. The fourth-order valence-electron chi connectivity index (χ4n) is 4.53. The molecule has 3 aromatic rings. The molecule has 2 aliphatic rings. The number of anilines is 1. The van der Waals surface area contributed by atoms with Gasteiger partial charge in [0.1, 0.15) is 17.8 Å². The van der Waals surface area contributed by atoms with E-state index in [1.807, 2.05) is 18.0 Å². The Bertz CT molecular complexity index is 1250. The smallest absolute Gasteiger partial charge is 0.289 e. The molecule has 1 aliphatic heterocycles. The van der Waals surface area contributed by atoms with Gasteiger partial charge in [-0.2, -0.15) is 4.31 Å². The molecule has 1 saturated heterocycles. The highest BCUT2D eigenvalue weighted by molar-refractivity contribution is 7.89. The van der Waals surface area contributed by atoms with Gasteiger partial charge in [0.2, 0.25) is 10.0 Å². The normalized spacial score (nSPS) is 20.6. The van der Waals surface area contributed by atoms with E-state index in [4.69, 9.17) is 0 Å². The first kappa shape index (κ1) is 18.9. The van der Waals surface area contributed by atoms with E-state index >= 15 is 0 Å². The van der Waals surface area contributed by atoms with E-state index in [2.05, 4.69) is 15.0 Å². The molecule has 3 heterocycles. The Kier molecular flexibility index (Phi) is 4.09. The number of nitro benzene ring substituents is 1. The molecule has 156 valence electrons. The van der Waals surface area contributed by atoms with Crippen LogP contribution in [0.5, 0.6) is 0 Å². The molecule has 1 atom stereocenters. The molecule has 1 aliphatic carbocycles. The van der Waals surface area contributed by atoms with Crippen molar-refractivity contribution < 1.29 is 13.3 Å². The zero-order valence-electron chi connectivity index (χ0n) is 16.2. The van der Waals surface area contributed by atoms with Crippen molar-refractivity contribution in [3.05, 3.63) is 53.0 Å². The van der Waals surface area contributed by atoms with E-state index in [1.54, 1.807) is 6.20 Å². The van der Waals surface area contributed by atoms with Gasteiger partial charge in [0.25, 0.3) is 5.69 Å². The molecule has 0 radical (unpaired) electrons. The van der Waals surface area contributed by atoms with Gasteiger partial charge in [0.05, 0.1) is 16.4 Å². The molecule has 0 bridgehead atoms. The van der Waals surface area contributed by atoms with E-state index < -0.39 is 20.6 Å². The molecule has 1 spiro atoms. The lowest BCUT2D eigenvalue weighted by molar-refractivity contribution is -0.387. The molecule has 2 fully saturated rings. The van der Waals surface area contributed by atoms with Crippen LogP contribution in [0.3, 0.4) is 0 Å². The number of para-hydroxylation sites is 1. The van der Waals surface area contributed by atoms with Crippen LogP contribution in [-0.2, 0) is 10.0 Å². The number of benzene rings is 1. The fourth-order valence-corrected chi connectivity index (χ4v) is 6.23. The van der Waals surface area contributed by atoms with Crippen molar-refractivity contribution in [1.82, 2.24) is 19.3 Å². The quantitative estimate of drug-likeness (QED) is 0.487. The van der Waals surface area contributed by atoms with Gasteiger partial charge in [-0.1, -0.05) is 12.1 Å². The second kappa shape index (κ2) is 6.47. The highest BCUT2D eigenvalue weighted by Gasteiger charge is 2.59. The second-order valence-corrected chi connectivity index (χ2v) is 9.86. The minimum atomic E-state index is -4.00. The van der Waals surface area contributed by atoms with E-state index in [1.165, 1.54) is 34.9 Å². The first-order valence-electron chi connectivity index (χ1n) is 9.58. The van der Waals surface area contributed by atoms with Gasteiger partial charge < -0.3 is 9.88 Å². The third-order valence-electron chi connectivity index (χ3n) is 6.28. The van der Waals surface area contributed by atoms with Crippen LogP contribution >= 0.6 is 0 Å². The molecule has 1 aromatic carbocycles. The average molecular weight is 428 g/mol. The predicted molar refractivity (Wildman–Crippen MR) is 110 cm³/mol. The Morgan fingerprint density at radius 2 is 2.03 bits per heavy atom. The van der Waals surface area contributed by atoms with Crippen LogP contribution in [0.1, 0.15) is 12.8 Å². The number of hydrogen-bond acceptors (Lipinski definition) is 7. The lowest BCUT2D eigenvalue weighted by Gasteiger charge is -2.30. The number of aromatic nitrogens is 3. The van der Waals surface area contributed by atoms with Gasteiger partial charge in [-0.3, -0.25) is 10.1 Å². The van der Waals surface area contributed by atoms with E-state index in [-0.39, 0.29) is 22.9 Å². The highest BCUT2D eigenvalue weighted by Crippen LogP contribution is 2.56.